The minimum absolute atomic E-state index is 0.101. The SMILES string of the molecule is CCCCCCCCC(=O)O[P+](c1ccccc1)(c1ccccc1)c1ccccc1. The van der Waals surface area contributed by atoms with Gasteiger partial charge in [-0.2, -0.15) is 0 Å². The van der Waals surface area contributed by atoms with Gasteiger partial charge in [-0.25, -0.2) is 4.79 Å². The van der Waals surface area contributed by atoms with Gasteiger partial charge in [-0.1, -0.05) is 93.6 Å². The predicted octanol–water partition coefficient (Wildman–Crippen LogP) is 6.19. The Balaban J connectivity index is 1.91. The first-order chi connectivity index (χ1) is 14.8. The van der Waals surface area contributed by atoms with Gasteiger partial charge in [0.25, 0.3) is 7.49 Å². The van der Waals surface area contributed by atoms with E-state index in [0.717, 1.165) is 28.8 Å². The van der Waals surface area contributed by atoms with Gasteiger partial charge in [0.2, 0.25) is 0 Å². The van der Waals surface area contributed by atoms with E-state index in [2.05, 4.69) is 43.3 Å². The van der Waals surface area contributed by atoms with Crippen LogP contribution in [0.3, 0.4) is 0 Å². The van der Waals surface area contributed by atoms with Crippen LogP contribution in [0.25, 0.3) is 0 Å². The molecular formula is C27H32O2P+. The third-order valence-electron chi connectivity index (χ3n) is 5.33. The summed E-state index contributed by atoms with van der Waals surface area (Å²) in [4.78, 5) is 13.1. The number of hydrogen-bond donors (Lipinski definition) is 0. The molecule has 0 atom stereocenters. The zero-order valence-electron chi connectivity index (χ0n) is 17.9. The summed E-state index contributed by atoms with van der Waals surface area (Å²) in [5.74, 6) is -0.101. The number of rotatable bonds is 11. The van der Waals surface area contributed by atoms with E-state index in [-0.39, 0.29) is 5.97 Å². The molecule has 0 aliphatic heterocycles. The molecule has 0 bridgehead atoms. The summed E-state index contributed by atoms with van der Waals surface area (Å²) in [6.45, 7) is 2.22. The fourth-order valence-corrected chi connectivity index (χ4v) is 7.15. The largest absolute Gasteiger partial charge is 0.351 e. The van der Waals surface area contributed by atoms with E-state index in [0.29, 0.717) is 6.42 Å². The molecule has 0 aliphatic carbocycles. The second-order valence-corrected chi connectivity index (χ2v) is 10.5. The summed E-state index contributed by atoms with van der Waals surface area (Å²) in [5.41, 5.74) is 0. The summed E-state index contributed by atoms with van der Waals surface area (Å²) in [7, 11) is -2.53. The molecule has 0 heterocycles. The fraction of sp³-hybridized carbons (Fsp3) is 0.296. The van der Waals surface area contributed by atoms with Crippen LogP contribution in [0.5, 0.6) is 0 Å². The number of hydrogen-bond acceptors (Lipinski definition) is 2. The Hall–Kier alpha value is -2.44. The van der Waals surface area contributed by atoms with Crippen molar-refractivity contribution in [1.29, 1.82) is 0 Å². The average Bonchev–Trinajstić information content (AvgIpc) is 2.81. The van der Waals surface area contributed by atoms with Crippen LogP contribution in [-0.2, 0) is 9.32 Å². The van der Waals surface area contributed by atoms with Crippen molar-refractivity contribution in [2.24, 2.45) is 0 Å². The molecule has 156 valence electrons. The first kappa shape index (κ1) is 22.2. The molecular weight excluding hydrogens is 387 g/mol. The topological polar surface area (TPSA) is 26.3 Å². The van der Waals surface area contributed by atoms with Crippen LogP contribution < -0.4 is 15.9 Å². The third kappa shape index (κ3) is 5.58. The van der Waals surface area contributed by atoms with E-state index in [9.17, 15) is 4.79 Å². The lowest BCUT2D eigenvalue weighted by Crippen LogP contribution is -2.34. The summed E-state index contributed by atoms with van der Waals surface area (Å²) >= 11 is 0. The van der Waals surface area contributed by atoms with E-state index >= 15 is 0 Å². The molecule has 0 aromatic heterocycles. The average molecular weight is 420 g/mol. The number of carbonyl (C=O) groups excluding carboxylic acids is 1. The summed E-state index contributed by atoms with van der Waals surface area (Å²) in [6.07, 6.45) is 7.40. The van der Waals surface area contributed by atoms with Crippen molar-refractivity contribution >= 4 is 29.4 Å². The summed E-state index contributed by atoms with van der Waals surface area (Å²) < 4.78 is 6.50. The first-order valence-corrected chi connectivity index (χ1v) is 12.8. The third-order valence-corrected chi connectivity index (χ3v) is 8.89. The van der Waals surface area contributed by atoms with Gasteiger partial charge in [-0.05, 0) is 42.8 Å². The van der Waals surface area contributed by atoms with Crippen LogP contribution in [0.4, 0.5) is 0 Å². The van der Waals surface area contributed by atoms with Crippen molar-refractivity contribution in [2.45, 2.75) is 51.9 Å². The fourth-order valence-electron chi connectivity index (χ4n) is 3.77. The Morgan fingerprint density at radius 3 is 1.47 bits per heavy atom. The van der Waals surface area contributed by atoms with E-state index in [1.54, 1.807) is 0 Å². The molecule has 30 heavy (non-hydrogen) atoms. The van der Waals surface area contributed by atoms with Gasteiger partial charge < -0.3 is 0 Å². The molecule has 0 fully saturated rings. The molecule has 0 saturated carbocycles. The molecule has 2 nitrogen and oxygen atoms in total. The summed E-state index contributed by atoms with van der Waals surface area (Å²) in [6, 6.07) is 30.7. The Labute approximate surface area is 181 Å². The molecule has 0 spiro atoms. The highest BCUT2D eigenvalue weighted by Gasteiger charge is 2.50. The van der Waals surface area contributed by atoms with Crippen LogP contribution in [0, 0.1) is 0 Å². The normalized spacial score (nSPS) is 11.2. The monoisotopic (exact) mass is 419 g/mol. The number of benzene rings is 3. The molecule has 0 saturated heterocycles. The molecule has 3 rings (SSSR count). The smallest absolute Gasteiger partial charge is 0.297 e. The lowest BCUT2D eigenvalue weighted by molar-refractivity contribution is -0.133. The van der Waals surface area contributed by atoms with Crippen LogP contribution in [0.2, 0.25) is 0 Å². The molecule has 0 unspecified atom stereocenters. The molecule has 0 amide bonds. The standard InChI is InChI=1S/C27H32O2P/c1-2-3-4-5-6-16-23-27(28)29-30(24-17-10-7-11-18-24,25-19-12-8-13-20-25)26-21-14-9-15-22-26/h7-15,17-22H,2-6,16,23H2,1H3/q+1. The van der Waals surface area contributed by atoms with Crippen molar-refractivity contribution in [3.8, 4) is 0 Å². The van der Waals surface area contributed by atoms with Crippen molar-refractivity contribution in [2.75, 3.05) is 0 Å². The van der Waals surface area contributed by atoms with Crippen molar-refractivity contribution in [3.05, 3.63) is 91.0 Å². The highest BCUT2D eigenvalue weighted by atomic mass is 31.2. The quantitative estimate of drug-likeness (QED) is 0.274. The lowest BCUT2D eigenvalue weighted by atomic mass is 10.1. The second-order valence-electron chi connectivity index (χ2n) is 7.60. The lowest BCUT2D eigenvalue weighted by Gasteiger charge is -2.25. The van der Waals surface area contributed by atoms with Crippen molar-refractivity contribution in [3.63, 3.8) is 0 Å². The van der Waals surface area contributed by atoms with Crippen LogP contribution in [0.15, 0.2) is 91.0 Å². The van der Waals surface area contributed by atoms with Gasteiger partial charge in [-0.15, -0.1) is 0 Å². The van der Waals surface area contributed by atoms with Gasteiger partial charge in [0, 0.05) is 0 Å². The predicted molar refractivity (Wildman–Crippen MR) is 129 cm³/mol. The summed E-state index contributed by atoms with van der Waals surface area (Å²) in [5, 5.41) is 3.20. The van der Waals surface area contributed by atoms with Gasteiger partial charge in [0.05, 0.1) is 6.42 Å². The molecule has 3 aromatic carbocycles. The molecule has 0 aliphatic rings. The molecule has 3 heteroatoms. The van der Waals surface area contributed by atoms with E-state index in [1.807, 2.05) is 54.6 Å². The first-order valence-electron chi connectivity index (χ1n) is 11.1. The highest BCUT2D eigenvalue weighted by Crippen LogP contribution is 2.56. The van der Waals surface area contributed by atoms with Crippen molar-refractivity contribution < 1.29 is 9.32 Å². The van der Waals surface area contributed by atoms with Crippen molar-refractivity contribution in [1.82, 2.24) is 0 Å². The zero-order valence-corrected chi connectivity index (χ0v) is 18.8. The van der Waals surface area contributed by atoms with Gasteiger partial charge >= 0.3 is 5.97 Å². The maximum atomic E-state index is 13.1. The number of unbranched alkanes of at least 4 members (excludes halogenated alkanes) is 5. The molecule has 0 radical (unpaired) electrons. The maximum Gasteiger partial charge on any atom is 0.351 e. The zero-order chi connectivity index (χ0) is 21.1. The minimum Gasteiger partial charge on any atom is -0.297 e. The van der Waals surface area contributed by atoms with Gasteiger partial charge in [-0.3, -0.25) is 4.52 Å². The Kier molecular flexibility index (Phi) is 8.66. The molecule has 3 aromatic rings. The van der Waals surface area contributed by atoms with Crippen LogP contribution in [0.1, 0.15) is 51.9 Å². The van der Waals surface area contributed by atoms with Gasteiger partial charge in [0.15, 0.2) is 0 Å². The highest BCUT2D eigenvalue weighted by molar-refractivity contribution is 7.92. The maximum absolute atomic E-state index is 13.1. The minimum atomic E-state index is -2.53. The van der Waals surface area contributed by atoms with Gasteiger partial charge in [0.1, 0.15) is 15.9 Å². The number of carbonyl (C=O) groups is 1. The Bertz CT molecular complexity index is 782. The molecule has 0 N–H and O–H groups in total. The van der Waals surface area contributed by atoms with Crippen LogP contribution in [-0.4, -0.2) is 5.97 Å². The van der Waals surface area contributed by atoms with Crippen LogP contribution >= 0.6 is 7.49 Å². The van der Waals surface area contributed by atoms with E-state index < -0.39 is 7.49 Å². The Morgan fingerprint density at radius 2 is 1.03 bits per heavy atom. The van der Waals surface area contributed by atoms with E-state index in [4.69, 9.17) is 4.52 Å². The van der Waals surface area contributed by atoms with E-state index in [1.165, 1.54) is 25.7 Å². The Morgan fingerprint density at radius 1 is 0.633 bits per heavy atom. The second kappa shape index (κ2) is 11.7.